The summed E-state index contributed by atoms with van der Waals surface area (Å²) >= 11 is 3.34. The molecule has 0 radical (unpaired) electrons. The van der Waals surface area contributed by atoms with E-state index in [1.165, 1.54) is 6.42 Å². The van der Waals surface area contributed by atoms with Crippen LogP contribution in [0.3, 0.4) is 0 Å². The summed E-state index contributed by atoms with van der Waals surface area (Å²) in [6, 6.07) is 0.518. The van der Waals surface area contributed by atoms with Gasteiger partial charge in [0.05, 0.1) is 0 Å². The second-order valence-corrected chi connectivity index (χ2v) is 4.33. The summed E-state index contributed by atoms with van der Waals surface area (Å²) in [6.45, 7) is 0.823. The van der Waals surface area contributed by atoms with E-state index < -0.39 is 0 Å². The summed E-state index contributed by atoms with van der Waals surface area (Å²) in [5.74, 6) is 0. The minimum absolute atomic E-state index is 0.0747. The fraction of sp³-hybridized carbons (Fsp3) is 0.889. The quantitative estimate of drug-likeness (QED) is 0.759. The summed E-state index contributed by atoms with van der Waals surface area (Å²) in [5, 5.41) is 3.95. The molecule has 0 bridgehead atoms. The fourth-order valence-corrected chi connectivity index (χ4v) is 1.49. The van der Waals surface area contributed by atoms with Crippen molar-refractivity contribution in [2.75, 3.05) is 18.9 Å². The average Bonchev–Trinajstić information content (AvgIpc) is 2.06. The van der Waals surface area contributed by atoms with E-state index in [1.807, 2.05) is 7.05 Å². The third kappa shape index (κ3) is 3.55. The molecule has 1 aliphatic carbocycles. The molecule has 1 aliphatic rings. The van der Waals surface area contributed by atoms with Gasteiger partial charge in [-0.1, -0.05) is 15.9 Å². The number of alkyl halides is 1. The molecule has 0 atom stereocenters. The van der Waals surface area contributed by atoms with Crippen molar-refractivity contribution >= 4 is 22.0 Å². The molecule has 0 spiro atoms. The van der Waals surface area contributed by atoms with Crippen molar-refractivity contribution in [1.29, 1.82) is 0 Å². The van der Waals surface area contributed by atoms with Crippen LogP contribution in [0.5, 0.6) is 0 Å². The lowest BCUT2D eigenvalue weighted by atomic mass is 9.93. The first-order chi connectivity index (χ1) is 6.24. The number of urea groups is 1. The summed E-state index contributed by atoms with van der Waals surface area (Å²) < 4.78 is 0. The van der Waals surface area contributed by atoms with Crippen LogP contribution in [0, 0.1) is 0 Å². The Bertz CT molecular complexity index is 171. The highest BCUT2D eigenvalue weighted by atomic mass is 79.9. The van der Waals surface area contributed by atoms with Gasteiger partial charge in [0.15, 0.2) is 0 Å². The maximum Gasteiger partial charge on any atom is 0.317 e. The highest BCUT2D eigenvalue weighted by molar-refractivity contribution is 9.09. The van der Waals surface area contributed by atoms with Gasteiger partial charge < -0.3 is 10.2 Å². The molecule has 0 saturated heterocycles. The molecule has 1 rings (SSSR count). The number of nitrogens with zero attached hydrogens (tertiary/aromatic N) is 1. The van der Waals surface area contributed by atoms with Crippen LogP contribution in [0.2, 0.25) is 0 Å². The van der Waals surface area contributed by atoms with Crippen LogP contribution in [0.15, 0.2) is 0 Å². The van der Waals surface area contributed by atoms with E-state index in [1.54, 1.807) is 4.90 Å². The first-order valence-electron chi connectivity index (χ1n) is 4.81. The SMILES string of the molecule is CN(CCCBr)C(=O)NC1CCC1. The van der Waals surface area contributed by atoms with Gasteiger partial charge in [-0.05, 0) is 25.7 Å². The first-order valence-corrected chi connectivity index (χ1v) is 5.94. The predicted octanol–water partition coefficient (Wildman–Crippen LogP) is 1.97. The predicted molar refractivity (Wildman–Crippen MR) is 57.2 cm³/mol. The summed E-state index contributed by atoms with van der Waals surface area (Å²) in [7, 11) is 1.84. The molecule has 2 amide bonds. The van der Waals surface area contributed by atoms with Gasteiger partial charge in [-0.25, -0.2) is 4.79 Å². The van der Waals surface area contributed by atoms with E-state index in [9.17, 15) is 4.79 Å². The van der Waals surface area contributed by atoms with Gasteiger partial charge in [0, 0.05) is 25.0 Å². The number of rotatable bonds is 4. The first kappa shape index (κ1) is 10.8. The minimum Gasteiger partial charge on any atom is -0.335 e. The van der Waals surface area contributed by atoms with Crippen molar-refractivity contribution in [1.82, 2.24) is 10.2 Å². The van der Waals surface area contributed by atoms with Crippen molar-refractivity contribution in [3.05, 3.63) is 0 Å². The molecule has 1 N–H and O–H groups in total. The fourth-order valence-electron chi connectivity index (χ4n) is 1.24. The van der Waals surface area contributed by atoms with Gasteiger partial charge in [0.2, 0.25) is 0 Å². The van der Waals surface area contributed by atoms with E-state index in [0.717, 1.165) is 31.1 Å². The van der Waals surface area contributed by atoms with Gasteiger partial charge in [-0.15, -0.1) is 0 Å². The molecule has 3 nitrogen and oxygen atoms in total. The van der Waals surface area contributed by atoms with Gasteiger partial charge in [-0.2, -0.15) is 0 Å². The molecule has 76 valence electrons. The molecule has 4 heteroatoms. The van der Waals surface area contributed by atoms with Crippen LogP contribution < -0.4 is 5.32 Å². The molecule has 1 saturated carbocycles. The molecule has 0 heterocycles. The summed E-state index contributed by atoms with van der Waals surface area (Å²) in [5.41, 5.74) is 0. The number of carbonyl (C=O) groups is 1. The van der Waals surface area contributed by atoms with E-state index in [2.05, 4.69) is 21.2 Å². The van der Waals surface area contributed by atoms with Gasteiger partial charge >= 0.3 is 6.03 Å². The molecule has 0 aromatic heterocycles. The Labute approximate surface area is 88.0 Å². The topological polar surface area (TPSA) is 32.3 Å². The van der Waals surface area contributed by atoms with Gasteiger partial charge in [-0.3, -0.25) is 0 Å². The van der Waals surface area contributed by atoms with E-state index in [4.69, 9.17) is 0 Å². The van der Waals surface area contributed by atoms with Crippen LogP contribution in [0.25, 0.3) is 0 Å². The molecule has 0 aromatic rings. The third-order valence-electron chi connectivity index (χ3n) is 2.41. The van der Waals surface area contributed by atoms with Crippen molar-refractivity contribution in [3.63, 3.8) is 0 Å². The largest absolute Gasteiger partial charge is 0.335 e. The van der Waals surface area contributed by atoms with Crippen LogP contribution in [0.4, 0.5) is 4.79 Å². The smallest absolute Gasteiger partial charge is 0.317 e. The lowest BCUT2D eigenvalue weighted by Gasteiger charge is -2.29. The molecule has 0 unspecified atom stereocenters. The van der Waals surface area contributed by atoms with Gasteiger partial charge in [0.25, 0.3) is 0 Å². The van der Waals surface area contributed by atoms with Gasteiger partial charge in [0.1, 0.15) is 0 Å². The number of hydrogen-bond acceptors (Lipinski definition) is 1. The zero-order valence-corrected chi connectivity index (χ0v) is 9.64. The van der Waals surface area contributed by atoms with Crippen LogP contribution in [-0.4, -0.2) is 35.9 Å². The van der Waals surface area contributed by atoms with E-state index >= 15 is 0 Å². The Morgan fingerprint density at radius 1 is 1.62 bits per heavy atom. The molecular weight excluding hydrogens is 232 g/mol. The second-order valence-electron chi connectivity index (χ2n) is 3.54. The maximum absolute atomic E-state index is 11.5. The van der Waals surface area contributed by atoms with Crippen LogP contribution >= 0.6 is 15.9 Å². The number of hydrogen-bond donors (Lipinski definition) is 1. The third-order valence-corrected chi connectivity index (χ3v) is 2.97. The van der Waals surface area contributed by atoms with Crippen molar-refractivity contribution < 1.29 is 4.79 Å². The normalized spacial score (nSPS) is 16.5. The molecular formula is C9H17BrN2O. The van der Waals surface area contributed by atoms with Crippen LogP contribution in [-0.2, 0) is 0 Å². The van der Waals surface area contributed by atoms with Crippen LogP contribution in [0.1, 0.15) is 25.7 Å². The van der Waals surface area contributed by atoms with Crippen molar-refractivity contribution in [2.24, 2.45) is 0 Å². The number of carbonyl (C=O) groups excluding carboxylic acids is 1. The maximum atomic E-state index is 11.5. The lowest BCUT2D eigenvalue weighted by Crippen LogP contribution is -2.46. The lowest BCUT2D eigenvalue weighted by molar-refractivity contribution is 0.197. The summed E-state index contributed by atoms with van der Waals surface area (Å²) in [6.07, 6.45) is 4.57. The average molecular weight is 249 g/mol. The Hall–Kier alpha value is -0.250. The monoisotopic (exact) mass is 248 g/mol. The highest BCUT2D eigenvalue weighted by Crippen LogP contribution is 2.18. The number of amides is 2. The Balaban J connectivity index is 2.13. The standard InChI is InChI=1S/C9H17BrN2O/c1-12(7-3-6-10)9(13)11-8-4-2-5-8/h8H,2-7H2,1H3,(H,11,13). The number of halogens is 1. The Morgan fingerprint density at radius 2 is 2.31 bits per heavy atom. The molecule has 0 aromatic carbocycles. The zero-order valence-electron chi connectivity index (χ0n) is 8.05. The highest BCUT2D eigenvalue weighted by Gasteiger charge is 2.20. The van der Waals surface area contributed by atoms with Crippen molar-refractivity contribution in [3.8, 4) is 0 Å². The molecule has 13 heavy (non-hydrogen) atoms. The van der Waals surface area contributed by atoms with E-state index in [0.29, 0.717) is 6.04 Å². The van der Waals surface area contributed by atoms with Crippen molar-refractivity contribution in [2.45, 2.75) is 31.7 Å². The van der Waals surface area contributed by atoms with E-state index in [-0.39, 0.29) is 6.03 Å². The Kier molecular flexibility index (Phi) is 4.56. The summed E-state index contributed by atoms with van der Waals surface area (Å²) in [4.78, 5) is 13.2. The minimum atomic E-state index is 0.0747. The molecule has 0 aliphatic heterocycles. The number of nitrogens with one attached hydrogen (secondary N) is 1. The zero-order chi connectivity index (χ0) is 9.68. The Morgan fingerprint density at radius 3 is 2.77 bits per heavy atom. The molecule has 1 fully saturated rings. The second kappa shape index (κ2) is 5.47.